The van der Waals surface area contributed by atoms with Crippen molar-refractivity contribution in [3.05, 3.63) is 69.4 Å². The lowest BCUT2D eigenvalue weighted by Gasteiger charge is -2.13. The Morgan fingerprint density at radius 1 is 1.17 bits per heavy atom. The second kappa shape index (κ2) is 5.98. The lowest BCUT2D eigenvalue weighted by molar-refractivity contribution is 0.625. The predicted octanol–water partition coefficient (Wildman–Crippen LogP) is 5.58. The van der Waals surface area contributed by atoms with Gasteiger partial charge < -0.3 is 0 Å². The van der Waals surface area contributed by atoms with Crippen LogP contribution < -0.4 is 0 Å². The van der Waals surface area contributed by atoms with E-state index in [9.17, 15) is 4.39 Å². The monoisotopic (exact) mass is 370 g/mol. The van der Waals surface area contributed by atoms with E-state index in [1.807, 2.05) is 12.1 Å². The highest BCUT2D eigenvalue weighted by atomic mass is 79.9. The Labute approximate surface area is 123 Å². The molecule has 0 heterocycles. The number of rotatable bonds is 3. The molecule has 0 aliphatic heterocycles. The van der Waals surface area contributed by atoms with E-state index in [1.54, 1.807) is 12.1 Å². The van der Waals surface area contributed by atoms with Gasteiger partial charge in [-0.25, -0.2) is 4.39 Å². The molecule has 0 spiro atoms. The number of hydrogen-bond donors (Lipinski definition) is 0. The van der Waals surface area contributed by atoms with Gasteiger partial charge in [0.25, 0.3) is 0 Å². The number of benzene rings is 2. The van der Waals surface area contributed by atoms with Crippen LogP contribution in [0.15, 0.2) is 46.9 Å². The molecule has 2 aromatic carbocycles. The highest BCUT2D eigenvalue weighted by molar-refractivity contribution is 9.10. The summed E-state index contributed by atoms with van der Waals surface area (Å²) in [5, 5.41) is 0. The molecule has 1 atom stereocenters. The van der Waals surface area contributed by atoms with Gasteiger partial charge in [-0.1, -0.05) is 50.1 Å². The van der Waals surface area contributed by atoms with Crippen LogP contribution in [0.4, 0.5) is 4.39 Å². The fraction of sp³-hybridized carbons (Fsp3) is 0.200. The Hall–Kier alpha value is -0.670. The van der Waals surface area contributed by atoms with Gasteiger partial charge in [0.15, 0.2) is 0 Å². The lowest BCUT2D eigenvalue weighted by atomic mass is 10.0. The van der Waals surface area contributed by atoms with Crippen LogP contribution >= 0.6 is 31.9 Å². The molecule has 0 aromatic heterocycles. The van der Waals surface area contributed by atoms with Crippen molar-refractivity contribution in [3.63, 3.8) is 0 Å². The molecule has 0 bridgehead atoms. The van der Waals surface area contributed by atoms with Crippen LogP contribution in [0.5, 0.6) is 0 Å². The summed E-state index contributed by atoms with van der Waals surface area (Å²) in [7, 11) is 0. The van der Waals surface area contributed by atoms with Crippen molar-refractivity contribution >= 4 is 31.9 Å². The normalized spacial score (nSPS) is 12.4. The molecule has 0 radical (unpaired) electrons. The number of aryl methyl sites for hydroxylation is 1. The van der Waals surface area contributed by atoms with Crippen LogP contribution in [0.3, 0.4) is 0 Å². The van der Waals surface area contributed by atoms with Crippen LogP contribution in [0, 0.1) is 12.7 Å². The van der Waals surface area contributed by atoms with E-state index < -0.39 is 0 Å². The molecular formula is C15H13Br2F. The van der Waals surface area contributed by atoms with Crippen molar-refractivity contribution < 1.29 is 4.39 Å². The zero-order valence-electron chi connectivity index (χ0n) is 9.96. The molecule has 0 aliphatic rings. The predicted molar refractivity (Wildman–Crippen MR) is 80.7 cm³/mol. The number of halogens is 3. The Morgan fingerprint density at radius 2 is 1.94 bits per heavy atom. The summed E-state index contributed by atoms with van der Waals surface area (Å²) in [6, 6.07) is 13.0. The van der Waals surface area contributed by atoms with Crippen molar-refractivity contribution in [3.8, 4) is 0 Å². The topological polar surface area (TPSA) is 0 Å². The van der Waals surface area contributed by atoms with Crippen LogP contribution in [-0.4, -0.2) is 0 Å². The van der Waals surface area contributed by atoms with Gasteiger partial charge in [0.05, 0.1) is 0 Å². The Balaban J connectivity index is 2.19. The minimum Gasteiger partial charge on any atom is -0.207 e. The average Bonchev–Trinajstić information content (AvgIpc) is 2.28. The zero-order chi connectivity index (χ0) is 13.1. The van der Waals surface area contributed by atoms with E-state index in [4.69, 9.17) is 0 Å². The molecule has 18 heavy (non-hydrogen) atoms. The second-order valence-electron chi connectivity index (χ2n) is 4.30. The highest BCUT2D eigenvalue weighted by Gasteiger charge is 2.11. The maximum absolute atomic E-state index is 13.1. The first kappa shape index (κ1) is 13.8. The second-order valence-corrected chi connectivity index (χ2v) is 6.32. The molecule has 0 amide bonds. The molecule has 94 valence electrons. The quantitative estimate of drug-likeness (QED) is 0.618. The SMILES string of the molecule is Cc1cc(Br)ccc1C(Br)Cc1cccc(F)c1. The van der Waals surface area contributed by atoms with Crippen molar-refractivity contribution in [1.82, 2.24) is 0 Å². The first-order valence-corrected chi connectivity index (χ1v) is 7.41. The third-order valence-corrected chi connectivity index (χ3v) is 4.18. The molecule has 0 fully saturated rings. The Bertz CT molecular complexity index is 552. The third kappa shape index (κ3) is 3.42. The maximum Gasteiger partial charge on any atom is 0.123 e. The Kier molecular flexibility index (Phi) is 4.57. The minimum atomic E-state index is -0.181. The molecule has 0 saturated carbocycles. The van der Waals surface area contributed by atoms with Gasteiger partial charge in [0.2, 0.25) is 0 Å². The van der Waals surface area contributed by atoms with E-state index in [1.165, 1.54) is 17.2 Å². The fourth-order valence-corrected chi connectivity index (χ4v) is 3.33. The van der Waals surface area contributed by atoms with Gasteiger partial charge in [-0.2, -0.15) is 0 Å². The summed E-state index contributed by atoms with van der Waals surface area (Å²) in [5.41, 5.74) is 3.46. The van der Waals surface area contributed by atoms with Gasteiger partial charge in [-0.3, -0.25) is 0 Å². The molecule has 2 rings (SSSR count). The summed E-state index contributed by atoms with van der Waals surface area (Å²) < 4.78 is 14.2. The largest absolute Gasteiger partial charge is 0.207 e. The van der Waals surface area contributed by atoms with Crippen LogP contribution in [0.1, 0.15) is 21.5 Å². The summed E-state index contributed by atoms with van der Waals surface area (Å²) in [5.74, 6) is -0.181. The molecule has 2 aromatic rings. The first-order chi connectivity index (χ1) is 8.56. The molecule has 3 heteroatoms. The van der Waals surface area contributed by atoms with Crippen molar-refractivity contribution in [2.75, 3.05) is 0 Å². The summed E-state index contributed by atoms with van der Waals surface area (Å²) in [6.45, 7) is 2.08. The summed E-state index contributed by atoms with van der Waals surface area (Å²) >= 11 is 7.14. The molecule has 0 saturated heterocycles. The van der Waals surface area contributed by atoms with Gasteiger partial charge >= 0.3 is 0 Å². The van der Waals surface area contributed by atoms with E-state index in [2.05, 4.69) is 50.9 Å². The molecule has 0 aliphatic carbocycles. The van der Waals surface area contributed by atoms with E-state index in [-0.39, 0.29) is 10.6 Å². The van der Waals surface area contributed by atoms with Crippen molar-refractivity contribution in [2.24, 2.45) is 0 Å². The van der Waals surface area contributed by atoms with Gasteiger partial charge in [0.1, 0.15) is 5.82 Å². The van der Waals surface area contributed by atoms with Crippen LogP contribution in [0.2, 0.25) is 0 Å². The maximum atomic E-state index is 13.1. The third-order valence-electron chi connectivity index (χ3n) is 2.87. The summed E-state index contributed by atoms with van der Waals surface area (Å²) in [6.07, 6.45) is 0.778. The molecular weight excluding hydrogens is 359 g/mol. The smallest absolute Gasteiger partial charge is 0.123 e. The molecule has 1 unspecified atom stereocenters. The first-order valence-electron chi connectivity index (χ1n) is 5.71. The zero-order valence-corrected chi connectivity index (χ0v) is 13.1. The molecule has 0 N–H and O–H groups in total. The van der Waals surface area contributed by atoms with Gasteiger partial charge in [-0.05, 0) is 54.3 Å². The summed E-state index contributed by atoms with van der Waals surface area (Å²) in [4.78, 5) is 0.201. The van der Waals surface area contributed by atoms with E-state index in [0.717, 1.165) is 16.5 Å². The average molecular weight is 372 g/mol. The van der Waals surface area contributed by atoms with Crippen LogP contribution in [-0.2, 0) is 6.42 Å². The van der Waals surface area contributed by atoms with Gasteiger partial charge in [-0.15, -0.1) is 0 Å². The highest BCUT2D eigenvalue weighted by Crippen LogP contribution is 2.31. The standard InChI is InChI=1S/C15H13Br2F/c1-10-7-12(16)5-6-14(10)15(17)9-11-3-2-4-13(18)8-11/h2-8,15H,9H2,1H3. The van der Waals surface area contributed by atoms with Gasteiger partial charge in [0, 0.05) is 9.30 Å². The van der Waals surface area contributed by atoms with E-state index in [0.29, 0.717) is 0 Å². The van der Waals surface area contributed by atoms with Crippen LogP contribution in [0.25, 0.3) is 0 Å². The van der Waals surface area contributed by atoms with E-state index >= 15 is 0 Å². The molecule has 0 nitrogen and oxygen atoms in total. The van der Waals surface area contributed by atoms with Crippen molar-refractivity contribution in [1.29, 1.82) is 0 Å². The lowest BCUT2D eigenvalue weighted by Crippen LogP contribution is -1.98. The minimum absolute atomic E-state index is 0.181. The van der Waals surface area contributed by atoms with Crippen molar-refractivity contribution in [2.45, 2.75) is 18.2 Å². The fourth-order valence-electron chi connectivity index (χ4n) is 1.97. The number of alkyl halides is 1. The Morgan fingerprint density at radius 3 is 2.61 bits per heavy atom. The number of hydrogen-bond acceptors (Lipinski definition) is 0.